The maximum atomic E-state index is 11.8. The van der Waals surface area contributed by atoms with E-state index >= 15 is 0 Å². The van der Waals surface area contributed by atoms with E-state index < -0.39 is 5.97 Å². The molecule has 0 saturated carbocycles. The maximum Gasteiger partial charge on any atom is 0.341 e. The van der Waals surface area contributed by atoms with Gasteiger partial charge in [-0.25, -0.2) is 9.78 Å². The van der Waals surface area contributed by atoms with E-state index in [-0.39, 0.29) is 5.56 Å². The lowest BCUT2D eigenvalue weighted by molar-refractivity contribution is 0.0601. The van der Waals surface area contributed by atoms with Gasteiger partial charge in [-0.1, -0.05) is 6.07 Å². The van der Waals surface area contributed by atoms with Crippen molar-refractivity contribution in [2.24, 2.45) is 0 Å². The number of rotatable bonds is 5. The molecule has 2 rings (SSSR count). The van der Waals surface area contributed by atoms with Gasteiger partial charge < -0.3 is 20.5 Å². The fraction of sp³-hybridized carbons (Fsp3) is 0.200. The van der Waals surface area contributed by atoms with Gasteiger partial charge in [0.25, 0.3) is 0 Å². The Labute approximate surface area is 122 Å². The number of nitrogens with one attached hydrogen (secondary N) is 1. The molecule has 0 radical (unpaired) electrons. The van der Waals surface area contributed by atoms with Crippen molar-refractivity contribution in [2.45, 2.75) is 6.92 Å². The van der Waals surface area contributed by atoms with Gasteiger partial charge in [-0.3, -0.25) is 0 Å². The molecule has 6 nitrogen and oxygen atoms in total. The number of hydrogen-bond donors (Lipinski definition) is 2. The molecule has 1 aromatic heterocycles. The fourth-order valence-corrected chi connectivity index (χ4v) is 1.81. The Morgan fingerprint density at radius 3 is 2.90 bits per heavy atom. The van der Waals surface area contributed by atoms with Crippen LogP contribution >= 0.6 is 0 Å². The number of nitrogens with two attached hydrogens (primary N) is 1. The molecular formula is C15H17N3O3. The Morgan fingerprint density at radius 2 is 2.19 bits per heavy atom. The molecule has 0 aliphatic heterocycles. The lowest BCUT2D eigenvalue weighted by Gasteiger charge is -2.11. The van der Waals surface area contributed by atoms with Crippen molar-refractivity contribution in [1.29, 1.82) is 0 Å². The summed E-state index contributed by atoms with van der Waals surface area (Å²) in [6, 6.07) is 8.90. The summed E-state index contributed by atoms with van der Waals surface area (Å²) in [7, 11) is 1.31. The van der Waals surface area contributed by atoms with Gasteiger partial charge >= 0.3 is 5.97 Å². The van der Waals surface area contributed by atoms with Crippen molar-refractivity contribution in [3.05, 3.63) is 42.1 Å². The number of nitrogen functional groups attached to an aromatic ring is 1. The van der Waals surface area contributed by atoms with Gasteiger partial charge in [-0.15, -0.1) is 0 Å². The first-order valence-electron chi connectivity index (χ1n) is 6.47. The zero-order valence-electron chi connectivity index (χ0n) is 11.9. The van der Waals surface area contributed by atoms with E-state index in [1.807, 2.05) is 31.2 Å². The molecule has 6 heteroatoms. The predicted molar refractivity (Wildman–Crippen MR) is 80.9 cm³/mol. The maximum absolute atomic E-state index is 11.8. The molecular weight excluding hydrogens is 270 g/mol. The highest BCUT2D eigenvalue weighted by Gasteiger charge is 2.14. The van der Waals surface area contributed by atoms with Crippen molar-refractivity contribution < 1.29 is 14.3 Å². The second-order valence-electron chi connectivity index (χ2n) is 4.24. The van der Waals surface area contributed by atoms with Crippen LogP contribution in [0.2, 0.25) is 0 Å². The molecule has 1 aromatic carbocycles. The topological polar surface area (TPSA) is 86.5 Å². The van der Waals surface area contributed by atoms with Gasteiger partial charge in [0.15, 0.2) is 0 Å². The summed E-state index contributed by atoms with van der Waals surface area (Å²) < 4.78 is 10.2. The Hall–Kier alpha value is -2.76. The van der Waals surface area contributed by atoms with Gasteiger partial charge in [0.05, 0.1) is 25.6 Å². The molecule has 0 atom stereocenters. The van der Waals surface area contributed by atoms with Crippen LogP contribution in [0.3, 0.4) is 0 Å². The van der Waals surface area contributed by atoms with Crippen molar-refractivity contribution in [2.75, 3.05) is 24.8 Å². The van der Waals surface area contributed by atoms with Crippen LogP contribution in [-0.4, -0.2) is 24.7 Å². The monoisotopic (exact) mass is 287 g/mol. The summed E-state index contributed by atoms with van der Waals surface area (Å²) in [6.07, 6.45) is 1.47. The summed E-state index contributed by atoms with van der Waals surface area (Å²) in [5.74, 6) is 0.612. The van der Waals surface area contributed by atoms with Gasteiger partial charge in [0.1, 0.15) is 17.1 Å². The van der Waals surface area contributed by atoms with Crippen molar-refractivity contribution in [3.63, 3.8) is 0 Å². The number of methoxy groups -OCH3 is 1. The minimum absolute atomic E-state index is 0.277. The summed E-state index contributed by atoms with van der Waals surface area (Å²) in [6.45, 7) is 2.49. The number of carbonyl (C=O) groups is 1. The lowest BCUT2D eigenvalue weighted by atomic mass is 10.2. The van der Waals surface area contributed by atoms with E-state index in [2.05, 4.69) is 10.3 Å². The molecule has 2 aromatic rings. The standard InChI is InChI=1S/C15H17N3O3/c1-3-21-12-6-4-5-11(8-12)18-14-13(15(19)20-2)7-10(16)9-17-14/h4-9H,3,16H2,1-2H3,(H,17,18). The third-order valence-corrected chi connectivity index (χ3v) is 2.72. The largest absolute Gasteiger partial charge is 0.494 e. The molecule has 0 fully saturated rings. The van der Waals surface area contributed by atoms with Crippen LogP contribution in [0.15, 0.2) is 36.5 Å². The summed E-state index contributed by atoms with van der Waals surface area (Å²) in [5.41, 5.74) is 7.08. The Bertz CT molecular complexity index is 644. The summed E-state index contributed by atoms with van der Waals surface area (Å²) in [5, 5.41) is 3.07. The minimum atomic E-state index is -0.502. The molecule has 21 heavy (non-hydrogen) atoms. The lowest BCUT2D eigenvalue weighted by Crippen LogP contribution is -2.08. The third kappa shape index (κ3) is 3.62. The molecule has 0 aliphatic carbocycles. The quantitative estimate of drug-likeness (QED) is 0.822. The van der Waals surface area contributed by atoms with Gasteiger partial charge in [0.2, 0.25) is 0 Å². The number of anilines is 3. The van der Waals surface area contributed by atoms with Crippen molar-refractivity contribution in [1.82, 2.24) is 4.98 Å². The molecule has 3 N–H and O–H groups in total. The molecule has 0 amide bonds. The molecule has 0 aliphatic rings. The van der Waals surface area contributed by atoms with Crippen LogP contribution < -0.4 is 15.8 Å². The second kappa shape index (κ2) is 6.60. The minimum Gasteiger partial charge on any atom is -0.494 e. The SMILES string of the molecule is CCOc1cccc(Nc2ncc(N)cc2C(=O)OC)c1. The normalized spacial score (nSPS) is 10.0. The molecule has 110 valence electrons. The Balaban J connectivity index is 2.30. The van der Waals surface area contributed by atoms with Crippen molar-refractivity contribution >= 4 is 23.2 Å². The molecule has 0 saturated heterocycles. The number of hydrogen-bond acceptors (Lipinski definition) is 6. The average molecular weight is 287 g/mol. The van der Waals surface area contributed by atoms with Crippen LogP contribution in [-0.2, 0) is 4.74 Å². The van der Waals surface area contributed by atoms with Crippen LogP contribution in [0.4, 0.5) is 17.2 Å². The van der Waals surface area contributed by atoms with Crippen LogP contribution in [0, 0.1) is 0 Å². The summed E-state index contributed by atoms with van der Waals surface area (Å²) >= 11 is 0. The van der Waals surface area contributed by atoms with Gasteiger partial charge in [-0.2, -0.15) is 0 Å². The third-order valence-electron chi connectivity index (χ3n) is 2.72. The number of ether oxygens (including phenoxy) is 2. The zero-order chi connectivity index (χ0) is 15.2. The summed E-state index contributed by atoms with van der Waals surface area (Å²) in [4.78, 5) is 15.9. The number of nitrogens with zero attached hydrogens (tertiary/aromatic N) is 1. The van der Waals surface area contributed by atoms with E-state index in [1.165, 1.54) is 19.4 Å². The smallest absolute Gasteiger partial charge is 0.341 e. The fourth-order valence-electron chi connectivity index (χ4n) is 1.81. The zero-order valence-corrected chi connectivity index (χ0v) is 11.9. The van der Waals surface area contributed by atoms with Crippen LogP contribution in [0.25, 0.3) is 0 Å². The first-order chi connectivity index (χ1) is 10.1. The number of pyridine rings is 1. The molecule has 1 heterocycles. The van der Waals surface area contributed by atoms with Crippen LogP contribution in [0.5, 0.6) is 5.75 Å². The average Bonchev–Trinajstić information content (AvgIpc) is 2.49. The first-order valence-corrected chi connectivity index (χ1v) is 6.47. The predicted octanol–water partition coefficient (Wildman–Crippen LogP) is 2.59. The van der Waals surface area contributed by atoms with Crippen LogP contribution in [0.1, 0.15) is 17.3 Å². The number of esters is 1. The number of aromatic nitrogens is 1. The Kier molecular flexibility index (Phi) is 4.61. The number of benzene rings is 1. The highest BCUT2D eigenvalue weighted by Crippen LogP contribution is 2.24. The molecule has 0 spiro atoms. The van der Waals surface area contributed by atoms with Gasteiger partial charge in [-0.05, 0) is 25.1 Å². The highest BCUT2D eigenvalue weighted by molar-refractivity contribution is 5.96. The van der Waals surface area contributed by atoms with E-state index in [0.29, 0.717) is 18.1 Å². The van der Waals surface area contributed by atoms with E-state index in [1.54, 1.807) is 0 Å². The van der Waals surface area contributed by atoms with Crippen molar-refractivity contribution in [3.8, 4) is 5.75 Å². The second-order valence-corrected chi connectivity index (χ2v) is 4.24. The number of carbonyl (C=O) groups excluding carboxylic acids is 1. The van der Waals surface area contributed by atoms with E-state index in [9.17, 15) is 4.79 Å². The van der Waals surface area contributed by atoms with Gasteiger partial charge in [0, 0.05) is 11.8 Å². The van der Waals surface area contributed by atoms with E-state index in [0.717, 1.165) is 11.4 Å². The first kappa shape index (κ1) is 14.6. The highest BCUT2D eigenvalue weighted by atomic mass is 16.5. The molecule has 0 bridgehead atoms. The Morgan fingerprint density at radius 1 is 1.38 bits per heavy atom. The van der Waals surface area contributed by atoms with E-state index in [4.69, 9.17) is 15.2 Å². The molecule has 0 unspecified atom stereocenters.